The molecule has 4 rings (SSSR count). The molecule has 33 heavy (non-hydrogen) atoms. The van der Waals surface area contributed by atoms with Gasteiger partial charge >= 0.3 is 0 Å². The molecule has 7 nitrogen and oxygen atoms in total. The number of rotatable bonds is 6. The quantitative estimate of drug-likeness (QED) is 0.472. The second-order valence-electron chi connectivity index (χ2n) is 7.62. The van der Waals surface area contributed by atoms with E-state index in [0.717, 1.165) is 44.6 Å². The maximum absolute atomic E-state index is 12.8. The number of thiazole rings is 1. The normalized spacial score (nSPS) is 14.2. The summed E-state index contributed by atoms with van der Waals surface area (Å²) in [5.74, 6) is 1.58. The molecule has 0 aliphatic carbocycles. The lowest BCUT2D eigenvalue weighted by atomic mass is 10.1. The van der Waals surface area contributed by atoms with Crippen LogP contribution in [-0.4, -0.2) is 63.3 Å². The predicted octanol–water partition coefficient (Wildman–Crippen LogP) is 4.65. The molecule has 1 aromatic heterocycles. The number of hydrogen-bond donors (Lipinski definition) is 0. The summed E-state index contributed by atoms with van der Waals surface area (Å²) < 4.78 is 17.2. The molecular formula is C24H26ClN3O4S. The van der Waals surface area contributed by atoms with Crippen molar-refractivity contribution < 1.29 is 19.0 Å². The molecule has 1 aliphatic rings. The third-order valence-electron chi connectivity index (χ3n) is 5.70. The van der Waals surface area contributed by atoms with Gasteiger partial charge in [0.05, 0.1) is 31.5 Å². The number of amides is 1. The van der Waals surface area contributed by atoms with E-state index in [1.54, 1.807) is 44.8 Å². The van der Waals surface area contributed by atoms with Gasteiger partial charge in [-0.3, -0.25) is 4.79 Å². The van der Waals surface area contributed by atoms with Crippen LogP contribution in [0, 0.1) is 6.92 Å². The zero-order chi connectivity index (χ0) is 23.5. The van der Waals surface area contributed by atoms with Gasteiger partial charge in [0.1, 0.15) is 0 Å². The van der Waals surface area contributed by atoms with Crippen molar-refractivity contribution in [3.05, 3.63) is 46.5 Å². The molecule has 1 amide bonds. The molecule has 1 fully saturated rings. The lowest BCUT2D eigenvalue weighted by molar-refractivity contribution is -0.126. The Labute approximate surface area is 202 Å². The highest BCUT2D eigenvalue weighted by Crippen LogP contribution is 2.38. The highest BCUT2D eigenvalue weighted by Gasteiger charge is 2.22. The van der Waals surface area contributed by atoms with E-state index in [-0.39, 0.29) is 5.91 Å². The summed E-state index contributed by atoms with van der Waals surface area (Å²) in [6.45, 7) is 4.72. The number of ether oxygens (including phenoxy) is 3. The van der Waals surface area contributed by atoms with Crippen molar-refractivity contribution in [3.63, 3.8) is 0 Å². The van der Waals surface area contributed by atoms with Gasteiger partial charge in [-0.15, -0.1) is 0 Å². The van der Waals surface area contributed by atoms with Crippen molar-refractivity contribution >= 4 is 50.3 Å². The van der Waals surface area contributed by atoms with Crippen LogP contribution in [0.2, 0.25) is 5.02 Å². The second-order valence-corrected chi connectivity index (χ2v) is 9.04. The molecule has 0 spiro atoms. The first-order valence-corrected chi connectivity index (χ1v) is 11.7. The Kier molecular flexibility index (Phi) is 6.95. The number of piperazine rings is 1. The SMILES string of the molecule is COc1cc(/C=C\C(=O)N2CCN(c3nc4c(C)c(Cl)ccc4s3)CC2)cc(OC)c1OC. The van der Waals surface area contributed by atoms with Crippen molar-refractivity contribution in [3.8, 4) is 17.2 Å². The number of fused-ring (bicyclic) bond motifs is 1. The van der Waals surface area contributed by atoms with E-state index in [1.165, 1.54) is 0 Å². The summed E-state index contributed by atoms with van der Waals surface area (Å²) in [6.07, 6.45) is 3.35. The maximum Gasteiger partial charge on any atom is 0.246 e. The molecule has 2 heterocycles. The number of aromatic nitrogens is 1. The summed E-state index contributed by atoms with van der Waals surface area (Å²) in [6, 6.07) is 7.55. The van der Waals surface area contributed by atoms with E-state index in [2.05, 4.69) is 4.90 Å². The monoisotopic (exact) mass is 487 g/mol. The Hall–Kier alpha value is -2.97. The van der Waals surface area contributed by atoms with Crippen LogP contribution in [0.1, 0.15) is 11.1 Å². The molecule has 2 aromatic carbocycles. The fourth-order valence-electron chi connectivity index (χ4n) is 3.81. The third-order valence-corrected chi connectivity index (χ3v) is 7.19. The molecule has 0 saturated carbocycles. The molecule has 0 radical (unpaired) electrons. The number of aryl methyl sites for hydroxylation is 1. The number of hydrogen-bond acceptors (Lipinski definition) is 7. The van der Waals surface area contributed by atoms with E-state index in [0.29, 0.717) is 30.3 Å². The van der Waals surface area contributed by atoms with Crippen LogP contribution in [0.4, 0.5) is 5.13 Å². The van der Waals surface area contributed by atoms with Gasteiger partial charge in [0.25, 0.3) is 0 Å². The first kappa shape index (κ1) is 23.2. The first-order valence-electron chi connectivity index (χ1n) is 10.5. The largest absolute Gasteiger partial charge is 0.493 e. The molecule has 174 valence electrons. The number of carbonyl (C=O) groups excluding carboxylic acids is 1. The van der Waals surface area contributed by atoms with Gasteiger partial charge in [-0.2, -0.15) is 0 Å². The number of benzene rings is 2. The van der Waals surface area contributed by atoms with Gasteiger partial charge in [-0.25, -0.2) is 4.98 Å². The van der Waals surface area contributed by atoms with Gasteiger partial charge in [-0.05, 0) is 48.4 Å². The minimum absolute atomic E-state index is 0.0321. The van der Waals surface area contributed by atoms with E-state index in [4.69, 9.17) is 30.8 Å². The van der Waals surface area contributed by atoms with Crippen LogP contribution < -0.4 is 19.1 Å². The topological polar surface area (TPSA) is 64.1 Å². The van der Waals surface area contributed by atoms with Crippen LogP contribution in [0.5, 0.6) is 17.2 Å². The van der Waals surface area contributed by atoms with Crippen LogP contribution >= 0.6 is 22.9 Å². The van der Waals surface area contributed by atoms with Crippen LogP contribution in [0.15, 0.2) is 30.3 Å². The van der Waals surface area contributed by atoms with E-state index in [1.807, 2.05) is 36.1 Å². The smallest absolute Gasteiger partial charge is 0.246 e. The minimum atomic E-state index is -0.0321. The predicted molar refractivity (Wildman–Crippen MR) is 133 cm³/mol. The Morgan fingerprint density at radius 1 is 1.06 bits per heavy atom. The summed E-state index contributed by atoms with van der Waals surface area (Å²) in [5.41, 5.74) is 2.75. The number of halogens is 1. The summed E-state index contributed by atoms with van der Waals surface area (Å²) in [7, 11) is 4.69. The second kappa shape index (κ2) is 9.89. The van der Waals surface area contributed by atoms with Gasteiger partial charge in [0.2, 0.25) is 11.7 Å². The van der Waals surface area contributed by atoms with E-state index < -0.39 is 0 Å². The molecule has 0 unspecified atom stereocenters. The zero-order valence-corrected chi connectivity index (χ0v) is 20.6. The highest BCUT2D eigenvalue weighted by molar-refractivity contribution is 7.22. The molecule has 0 N–H and O–H groups in total. The molecule has 1 saturated heterocycles. The Morgan fingerprint density at radius 2 is 1.73 bits per heavy atom. The van der Waals surface area contributed by atoms with E-state index >= 15 is 0 Å². The summed E-state index contributed by atoms with van der Waals surface area (Å²) >= 11 is 7.90. The molecule has 1 aliphatic heterocycles. The lowest BCUT2D eigenvalue weighted by Gasteiger charge is -2.34. The zero-order valence-electron chi connectivity index (χ0n) is 19.1. The van der Waals surface area contributed by atoms with Crippen molar-refractivity contribution in [1.82, 2.24) is 9.88 Å². The average Bonchev–Trinajstić information content (AvgIpc) is 3.29. The molecule has 9 heteroatoms. The fraction of sp³-hybridized carbons (Fsp3) is 0.333. The summed E-state index contributed by atoms with van der Waals surface area (Å²) in [5, 5.41) is 1.70. The van der Waals surface area contributed by atoms with Crippen molar-refractivity contribution in [2.24, 2.45) is 0 Å². The molecular weight excluding hydrogens is 462 g/mol. The van der Waals surface area contributed by atoms with Gasteiger partial charge in [-0.1, -0.05) is 22.9 Å². The Morgan fingerprint density at radius 3 is 2.33 bits per heavy atom. The maximum atomic E-state index is 12.8. The standard InChI is InChI=1S/C24H26ClN3O4S/c1-15-17(25)6-7-20-22(15)26-24(33-20)28-11-9-27(10-12-28)21(29)8-5-16-13-18(30-2)23(32-4)19(14-16)31-3/h5-8,13-14H,9-12H2,1-4H3/b8-5-. The lowest BCUT2D eigenvalue weighted by Crippen LogP contribution is -2.48. The fourth-order valence-corrected chi connectivity index (χ4v) is 5.04. The minimum Gasteiger partial charge on any atom is -0.493 e. The Balaban J connectivity index is 1.42. The summed E-state index contributed by atoms with van der Waals surface area (Å²) in [4.78, 5) is 21.6. The van der Waals surface area contributed by atoms with E-state index in [9.17, 15) is 4.79 Å². The number of nitrogens with zero attached hydrogens (tertiary/aromatic N) is 3. The number of methoxy groups -OCH3 is 3. The molecule has 0 bridgehead atoms. The highest BCUT2D eigenvalue weighted by atomic mass is 35.5. The van der Waals surface area contributed by atoms with Gasteiger partial charge < -0.3 is 24.0 Å². The van der Waals surface area contributed by atoms with Crippen LogP contribution in [0.25, 0.3) is 16.3 Å². The van der Waals surface area contributed by atoms with Crippen molar-refractivity contribution in [2.45, 2.75) is 6.92 Å². The third kappa shape index (κ3) is 4.72. The van der Waals surface area contributed by atoms with Crippen molar-refractivity contribution in [1.29, 1.82) is 0 Å². The van der Waals surface area contributed by atoms with Crippen LogP contribution in [-0.2, 0) is 4.79 Å². The van der Waals surface area contributed by atoms with Gasteiger partial charge in [0.15, 0.2) is 16.6 Å². The Bertz CT molecular complexity index is 1180. The number of anilines is 1. The molecule has 0 atom stereocenters. The average molecular weight is 488 g/mol. The van der Waals surface area contributed by atoms with Gasteiger partial charge in [0, 0.05) is 37.3 Å². The first-order chi connectivity index (χ1) is 15.9. The van der Waals surface area contributed by atoms with Crippen LogP contribution in [0.3, 0.4) is 0 Å². The number of carbonyl (C=O) groups is 1. The van der Waals surface area contributed by atoms with Crippen molar-refractivity contribution in [2.75, 3.05) is 52.4 Å². The molecule has 3 aromatic rings.